The van der Waals surface area contributed by atoms with Gasteiger partial charge in [-0.2, -0.15) is 0 Å². The molecular weight excluding hydrogens is 266 g/mol. The summed E-state index contributed by atoms with van der Waals surface area (Å²) in [6.07, 6.45) is 0.209. The van der Waals surface area contributed by atoms with Crippen LogP contribution < -0.4 is 0 Å². The van der Waals surface area contributed by atoms with Gasteiger partial charge >= 0.3 is 5.97 Å². The van der Waals surface area contributed by atoms with Crippen LogP contribution in [0.15, 0.2) is 18.2 Å². The zero-order valence-electron chi connectivity index (χ0n) is 11.8. The average Bonchev–Trinajstić information content (AvgIpc) is 2.41. The van der Waals surface area contributed by atoms with Gasteiger partial charge in [-0.3, -0.25) is 9.59 Å². The number of carbonyl (C=O) groups is 2. The largest absolute Gasteiger partial charge is 0.465 e. The van der Waals surface area contributed by atoms with Crippen molar-refractivity contribution in [1.29, 1.82) is 0 Å². The Hall–Kier alpha value is -1.78. The van der Waals surface area contributed by atoms with Crippen molar-refractivity contribution in [3.63, 3.8) is 0 Å². The molecule has 110 valence electrons. The first-order valence-corrected chi connectivity index (χ1v) is 6.58. The second kappa shape index (κ2) is 7.12. The van der Waals surface area contributed by atoms with E-state index in [1.54, 1.807) is 13.8 Å². The molecule has 2 atom stereocenters. The summed E-state index contributed by atoms with van der Waals surface area (Å²) in [5.41, 5.74) is -0.281. The second-order valence-electron chi connectivity index (χ2n) is 4.47. The van der Waals surface area contributed by atoms with E-state index in [9.17, 15) is 18.4 Å². The van der Waals surface area contributed by atoms with E-state index in [4.69, 9.17) is 4.74 Å². The normalized spacial score (nSPS) is 13.7. The molecule has 3 nitrogen and oxygen atoms in total. The highest BCUT2D eigenvalue weighted by molar-refractivity contribution is 6.01. The zero-order valence-corrected chi connectivity index (χ0v) is 11.8. The molecule has 0 aromatic heterocycles. The molecule has 1 rings (SSSR count). The van der Waals surface area contributed by atoms with Gasteiger partial charge in [0.25, 0.3) is 0 Å². The molecule has 0 saturated heterocycles. The number of rotatable bonds is 6. The van der Waals surface area contributed by atoms with E-state index in [-0.39, 0.29) is 18.6 Å². The van der Waals surface area contributed by atoms with Crippen molar-refractivity contribution in [2.75, 3.05) is 6.61 Å². The summed E-state index contributed by atoms with van der Waals surface area (Å²) in [4.78, 5) is 23.8. The van der Waals surface area contributed by atoms with Crippen LogP contribution in [-0.2, 0) is 14.3 Å². The highest BCUT2D eigenvalue weighted by Gasteiger charge is 2.32. The molecule has 0 aliphatic heterocycles. The Morgan fingerprint density at radius 2 is 1.75 bits per heavy atom. The smallest absolute Gasteiger partial charge is 0.316 e. The lowest BCUT2D eigenvalue weighted by molar-refractivity contribution is -0.151. The Kier molecular flexibility index (Phi) is 5.80. The number of hydrogen-bond acceptors (Lipinski definition) is 3. The van der Waals surface area contributed by atoms with E-state index in [1.807, 2.05) is 0 Å². The number of esters is 1. The Bertz CT molecular complexity index is 480. The van der Waals surface area contributed by atoms with Gasteiger partial charge in [0.2, 0.25) is 0 Å². The van der Waals surface area contributed by atoms with Crippen LogP contribution in [0.1, 0.15) is 38.7 Å². The van der Waals surface area contributed by atoms with Gasteiger partial charge in [0, 0.05) is 11.5 Å². The van der Waals surface area contributed by atoms with E-state index in [2.05, 4.69) is 0 Å². The van der Waals surface area contributed by atoms with Gasteiger partial charge in [0.05, 0.1) is 6.61 Å². The minimum atomic E-state index is -1.04. The topological polar surface area (TPSA) is 43.4 Å². The molecular formula is C15H18F2O3. The third kappa shape index (κ3) is 3.40. The van der Waals surface area contributed by atoms with Gasteiger partial charge in [-0.05, 0) is 32.4 Å². The summed E-state index contributed by atoms with van der Waals surface area (Å²) in [5, 5.41) is 0. The third-order valence-corrected chi connectivity index (χ3v) is 3.17. The number of ether oxygens (including phenoxy) is 1. The molecule has 0 spiro atoms. The monoisotopic (exact) mass is 284 g/mol. The van der Waals surface area contributed by atoms with E-state index >= 15 is 0 Å². The maximum atomic E-state index is 13.8. The highest BCUT2D eigenvalue weighted by atomic mass is 19.1. The zero-order chi connectivity index (χ0) is 15.3. The molecule has 0 saturated carbocycles. The Labute approximate surface area is 116 Å². The number of carbonyl (C=O) groups excluding carboxylic acids is 2. The fourth-order valence-corrected chi connectivity index (χ4v) is 2.08. The van der Waals surface area contributed by atoms with Crippen molar-refractivity contribution < 1.29 is 23.1 Å². The number of Topliss-reactive ketones (excluding diaryl/α,β-unsaturated/α-hetero) is 1. The van der Waals surface area contributed by atoms with Gasteiger partial charge < -0.3 is 4.74 Å². The maximum absolute atomic E-state index is 13.8. The molecule has 0 N–H and O–H groups in total. The van der Waals surface area contributed by atoms with Gasteiger partial charge in [0.1, 0.15) is 17.6 Å². The number of halogens is 2. The van der Waals surface area contributed by atoms with Gasteiger partial charge in [-0.25, -0.2) is 8.78 Å². The molecule has 0 bridgehead atoms. The lowest BCUT2D eigenvalue weighted by atomic mass is 9.85. The van der Waals surface area contributed by atoms with Gasteiger partial charge in [-0.1, -0.05) is 13.0 Å². The van der Waals surface area contributed by atoms with Crippen molar-refractivity contribution in [2.24, 2.45) is 5.92 Å². The molecule has 0 amide bonds. The maximum Gasteiger partial charge on any atom is 0.316 e. The first-order valence-electron chi connectivity index (χ1n) is 6.58. The Morgan fingerprint density at radius 3 is 2.20 bits per heavy atom. The van der Waals surface area contributed by atoms with Crippen LogP contribution in [0.4, 0.5) is 8.78 Å². The molecule has 0 aliphatic carbocycles. The SMILES string of the molecule is CCOC(=O)C(C)C(=O)C(CC)c1c(F)cccc1F. The quantitative estimate of drug-likeness (QED) is 0.595. The molecule has 20 heavy (non-hydrogen) atoms. The van der Waals surface area contributed by atoms with E-state index in [0.717, 1.165) is 12.1 Å². The van der Waals surface area contributed by atoms with Crippen LogP contribution in [0.25, 0.3) is 0 Å². The first-order chi connectivity index (χ1) is 9.43. The molecule has 2 unspecified atom stereocenters. The summed E-state index contributed by atoms with van der Waals surface area (Å²) < 4.78 is 32.3. The van der Waals surface area contributed by atoms with Crippen molar-refractivity contribution in [2.45, 2.75) is 33.1 Å². The molecule has 0 heterocycles. The minimum absolute atomic E-state index is 0.154. The van der Waals surface area contributed by atoms with E-state index in [1.165, 1.54) is 13.0 Å². The van der Waals surface area contributed by atoms with Gasteiger partial charge in [-0.15, -0.1) is 0 Å². The van der Waals surface area contributed by atoms with Crippen molar-refractivity contribution in [3.05, 3.63) is 35.4 Å². The predicted octanol–water partition coefficient (Wildman–Crippen LogP) is 3.23. The first kappa shape index (κ1) is 16.3. The fourth-order valence-electron chi connectivity index (χ4n) is 2.08. The Morgan fingerprint density at radius 1 is 1.20 bits per heavy atom. The number of benzene rings is 1. The van der Waals surface area contributed by atoms with Crippen LogP contribution in [0, 0.1) is 17.6 Å². The van der Waals surface area contributed by atoms with Crippen molar-refractivity contribution >= 4 is 11.8 Å². The van der Waals surface area contributed by atoms with Crippen LogP contribution in [-0.4, -0.2) is 18.4 Å². The number of ketones is 1. The standard InChI is InChI=1S/C15H18F2O3/c1-4-10(13-11(16)7-6-8-12(13)17)14(18)9(3)15(19)20-5-2/h6-10H,4-5H2,1-3H3. The Balaban J connectivity index is 3.07. The molecule has 0 aliphatic rings. The highest BCUT2D eigenvalue weighted by Crippen LogP contribution is 2.29. The fraction of sp³-hybridized carbons (Fsp3) is 0.467. The third-order valence-electron chi connectivity index (χ3n) is 3.17. The summed E-state index contributed by atoms with van der Waals surface area (Å²) >= 11 is 0. The van der Waals surface area contributed by atoms with E-state index < -0.39 is 35.2 Å². The molecule has 1 aromatic carbocycles. The van der Waals surface area contributed by atoms with Crippen LogP contribution in [0.3, 0.4) is 0 Å². The molecule has 0 radical (unpaired) electrons. The van der Waals surface area contributed by atoms with E-state index in [0.29, 0.717) is 0 Å². The second-order valence-corrected chi connectivity index (χ2v) is 4.47. The molecule has 5 heteroatoms. The average molecular weight is 284 g/mol. The van der Waals surface area contributed by atoms with Crippen molar-refractivity contribution in [1.82, 2.24) is 0 Å². The number of hydrogen-bond donors (Lipinski definition) is 0. The van der Waals surface area contributed by atoms with Crippen LogP contribution in [0.5, 0.6) is 0 Å². The van der Waals surface area contributed by atoms with Crippen LogP contribution >= 0.6 is 0 Å². The predicted molar refractivity (Wildman–Crippen MR) is 70.2 cm³/mol. The van der Waals surface area contributed by atoms with Crippen molar-refractivity contribution in [3.8, 4) is 0 Å². The lowest BCUT2D eigenvalue weighted by Gasteiger charge is -2.19. The van der Waals surface area contributed by atoms with Gasteiger partial charge in [0.15, 0.2) is 5.78 Å². The summed E-state index contributed by atoms with van der Waals surface area (Å²) in [6, 6.07) is 3.44. The lowest BCUT2D eigenvalue weighted by Crippen LogP contribution is -2.29. The molecule has 1 aromatic rings. The summed E-state index contributed by atoms with van der Waals surface area (Å²) in [6.45, 7) is 4.82. The summed E-state index contributed by atoms with van der Waals surface area (Å²) in [7, 11) is 0. The van der Waals surface area contributed by atoms with Crippen LogP contribution in [0.2, 0.25) is 0 Å². The minimum Gasteiger partial charge on any atom is -0.465 e. The summed E-state index contributed by atoms with van der Waals surface area (Å²) in [5.74, 6) is -4.79. The molecule has 0 fully saturated rings.